The third-order valence-electron chi connectivity index (χ3n) is 5.50. The Bertz CT molecular complexity index is 274. The van der Waals surface area contributed by atoms with Crippen LogP contribution in [0.15, 0.2) is 0 Å². The van der Waals surface area contributed by atoms with E-state index in [-0.39, 0.29) is 0 Å². The standard InChI is InChI=1S/C16H30N2O/c19-10-9-18(12-15-4-2-8-17-15)16-5-1-3-14(11-16)13-6-7-13/h13-17,19H,1-12H2. The average Bonchev–Trinajstić information content (AvgIpc) is 3.17. The van der Waals surface area contributed by atoms with E-state index >= 15 is 0 Å². The van der Waals surface area contributed by atoms with Crippen LogP contribution in [0.5, 0.6) is 0 Å². The van der Waals surface area contributed by atoms with Crippen LogP contribution in [0.1, 0.15) is 51.4 Å². The van der Waals surface area contributed by atoms with Crippen molar-refractivity contribution in [3.63, 3.8) is 0 Å². The highest BCUT2D eigenvalue weighted by atomic mass is 16.3. The minimum absolute atomic E-state index is 0.317. The maximum Gasteiger partial charge on any atom is 0.0558 e. The largest absolute Gasteiger partial charge is 0.395 e. The molecule has 0 amide bonds. The summed E-state index contributed by atoms with van der Waals surface area (Å²) in [6, 6.07) is 1.42. The summed E-state index contributed by atoms with van der Waals surface area (Å²) in [6.07, 6.45) is 11.3. The highest BCUT2D eigenvalue weighted by Gasteiger charge is 2.36. The lowest BCUT2D eigenvalue weighted by Crippen LogP contribution is -2.46. The second-order valence-corrected chi connectivity index (χ2v) is 6.93. The number of aliphatic hydroxyl groups is 1. The van der Waals surface area contributed by atoms with E-state index < -0.39 is 0 Å². The summed E-state index contributed by atoms with van der Waals surface area (Å²) in [7, 11) is 0. The van der Waals surface area contributed by atoms with Crippen LogP contribution in [0.3, 0.4) is 0 Å². The van der Waals surface area contributed by atoms with Crippen LogP contribution in [0.25, 0.3) is 0 Å². The second kappa shape index (κ2) is 6.55. The predicted molar refractivity (Wildman–Crippen MR) is 78.2 cm³/mol. The zero-order chi connectivity index (χ0) is 13.1. The molecule has 0 aromatic carbocycles. The van der Waals surface area contributed by atoms with Gasteiger partial charge in [0, 0.05) is 25.2 Å². The molecule has 2 saturated carbocycles. The Labute approximate surface area is 117 Å². The van der Waals surface area contributed by atoms with Gasteiger partial charge in [0.05, 0.1) is 6.61 Å². The molecule has 3 unspecified atom stereocenters. The summed E-state index contributed by atoms with van der Waals surface area (Å²) < 4.78 is 0. The van der Waals surface area contributed by atoms with Gasteiger partial charge in [0.15, 0.2) is 0 Å². The lowest BCUT2D eigenvalue weighted by Gasteiger charge is -2.38. The normalized spacial score (nSPS) is 36.0. The van der Waals surface area contributed by atoms with Crippen molar-refractivity contribution in [1.82, 2.24) is 10.2 Å². The third-order valence-corrected chi connectivity index (χ3v) is 5.50. The number of rotatable bonds is 6. The Balaban J connectivity index is 1.54. The zero-order valence-corrected chi connectivity index (χ0v) is 12.2. The summed E-state index contributed by atoms with van der Waals surface area (Å²) >= 11 is 0. The molecule has 1 heterocycles. The first-order chi connectivity index (χ1) is 9.36. The van der Waals surface area contributed by atoms with Gasteiger partial charge in [0.2, 0.25) is 0 Å². The van der Waals surface area contributed by atoms with Crippen LogP contribution in [0.2, 0.25) is 0 Å². The lowest BCUT2D eigenvalue weighted by molar-refractivity contribution is 0.0927. The van der Waals surface area contributed by atoms with E-state index in [9.17, 15) is 5.11 Å². The fourth-order valence-corrected chi connectivity index (χ4v) is 4.28. The molecule has 0 bridgehead atoms. The summed E-state index contributed by atoms with van der Waals surface area (Å²) in [5, 5.41) is 13.0. The second-order valence-electron chi connectivity index (χ2n) is 6.93. The smallest absolute Gasteiger partial charge is 0.0558 e. The summed E-state index contributed by atoms with van der Waals surface area (Å²) in [4.78, 5) is 2.59. The molecule has 3 atom stereocenters. The quantitative estimate of drug-likeness (QED) is 0.772. The molecule has 2 aliphatic carbocycles. The van der Waals surface area contributed by atoms with Crippen LogP contribution in [-0.2, 0) is 0 Å². The Morgan fingerprint density at radius 2 is 1.89 bits per heavy atom. The van der Waals surface area contributed by atoms with Crippen molar-refractivity contribution < 1.29 is 5.11 Å². The lowest BCUT2D eigenvalue weighted by atomic mass is 9.82. The highest BCUT2D eigenvalue weighted by molar-refractivity contribution is 4.90. The Morgan fingerprint density at radius 3 is 2.58 bits per heavy atom. The molecule has 3 nitrogen and oxygen atoms in total. The van der Waals surface area contributed by atoms with Crippen molar-refractivity contribution in [1.29, 1.82) is 0 Å². The van der Waals surface area contributed by atoms with Crippen LogP contribution in [0.4, 0.5) is 0 Å². The van der Waals surface area contributed by atoms with Gasteiger partial charge < -0.3 is 10.4 Å². The Hall–Kier alpha value is -0.120. The van der Waals surface area contributed by atoms with E-state index in [1.54, 1.807) is 0 Å². The molecule has 110 valence electrons. The van der Waals surface area contributed by atoms with Crippen molar-refractivity contribution in [2.75, 3.05) is 26.2 Å². The molecule has 3 fully saturated rings. The molecule has 3 aliphatic rings. The first-order valence-corrected chi connectivity index (χ1v) is 8.45. The molecule has 0 aromatic heterocycles. The van der Waals surface area contributed by atoms with Gasteiger partial charge >= 0.3 is 0 Å². The topological polar surface area (TPSA) is 35.5 Å². The van der Waals surface area contributed by atoms with E-state index in [0.717, 1.165) is 31.0 Å². The van der Waals surface area contributed by atoms with Crippen molar-refractivity contribution in [2.24, 2.45) is 11.8 Å². The number of nitrogens with zero attached hydrogens (tertiary/aromatic N) is 1. The molecule has 19 heavy (non-hydrogen) atoms. The first kappa shape index (κ1) is 13.8. The van der Waals surface area contributed by atoms with E-state index in [1.807, 2.05) is 0 Å². The molecule has 1 saturated heterocycles. The summed E-state index contributed by atoms with van der Waals surface area (Å²) in [5.74, 6) is 2.06. The first-order valence-electron chi connectivity index (χ1n) is 8.45. The van der Waals surface area contributed by atoms with E-state index in [4.69, 9.17) is 0 Å². The average molecular weight is 266 g/mol. The van der Waals surface area contributed by atoms with Gasteiger partial charge in [-0.15, -0.1) is 0 Å². The van der Waals surface area contributed by atoms with Gasteiger partial charge in [0.1, 0.15) is 0 Å². The van der Waals surface area contributed by atoms with Gasteiger partial charge in [-0.3, -0.25) is 4.90 Å². The Morgan fingerprint density at radius 1 is 1.00 bits per heavy atom. The Kier molecular flexibility index (Phi) is 4.78. The monoisotopic (exact) mass is 266 g/mol. The van der Waals surface area contributed by atoms with Gasteiger partial charge in [0.25, 0.3) is 0 Å². The van der Waals surface area contributed by atoms with Gasteiger partial charge in [-0.1, -0.05) is 12.8 Å². The van der Waals surface area contributed by atoms with Gasteiger partial charge in [-0.05, 0) is 56.9 Å². The summed E-state index contributed by atoms with van der Waals surface area (Å²) in [6.45, 7) is 3.53. The van der Waals surface area contributed by atoms with Gasteiger partial charge in [-0.2, -0.15) is 0 Å². The van der Waals surface area contributed by atoms with Gasteiger partial charge in [-0.25, -0.2) is 0 Å². The SMILES string of the molecule is OCCN(CC1CCCN1)C1CCCC(C2CC2)C1. The fourth-order valence-electron chi connectivity index (χ4n) is 4.28. The minimum atomic E-state index is 0.317. The van der Waals surface area contributed by atoms with Crippen molar-refractivity contribution in [3.8, 4) is 0 Å². The molecule has 3 heteroatoms. The predicted octanol–water partition coefficient (Wildman–Crippen LogP) is 2.00. The maximum atomic E-state index is 9.37. The number of nitrogens with one attached hydrogen (secondary N) is 1. The van der Waals surface area contributed by atoms with E-state index in [2.05, 4.69) is 10.2 Å². The zero-order valence-electron chi connectivity index (χ0n) is 12.2. The number of aliphatic hydroxyl groups excluding tert-OH is 1. The van der Waals surface area contributed by atoms with Crippen LogP contribution in [-0.4, -0.2) is 48.3 Å². The van der Waals surface area contributed by atoms with Crippen molar-refractivity contribution >= 4 is 0 Å². The molecular formula is C16H30N2O. The molecule has 0 spiro atoms. The van der Waals surface area contributed by atoms with E-state index in [1.165, 1.54) is 57.9 Å². The van der Waals surface area contributed by atoms with Crippen LogP contribution in [0, 0.1) is 11.8 Å². The molecule has 3 rings (SSSR count). The van der Waals surface area contributed by atoms with Crippen molar-refractivity contribution in [3.05, 3.63) is 0 Å². The molecule has 2 N–H and O–H groups in total. The van der Waals surface area contributed by atoms with Crippen LogP contribution >= 0.6 is 0 Å². The fraction of sp³-hybridized carbons (Fsp3) is 1.00. The molecule has 1 aliphatic heterocycles. The maximum absolute atomic E-state index is 9.37. The number of hydrogen-bond donors (Lipinski definition) is 2. The minimum Gasteiger partial charge on any atom is -0.395 e. The highest BCUT2D eigenvalue weighted by Crippen LogP contribution is 2.44. The number of hydrogen-bond acceptors (Lipinski definition) is 3. The van der Waals surface area contributed by atoms with Crippen molar-refractivity contribution in [2.45, 2.75) is 63.5 Å². The molecular weight excluding hydrogens is 236 g/mol. The van der Waals surface area contributed by atoms with Crippen LogP contribution < -0.4 is 5.32 Å². The molecule has 0 radical (unpaired) electrons. The molecule has 0 aromatic rings. The summed E-state index contributed by atoms with van der Waals surface area (Å²) in [5.41, 5.74) is 0. The third kappa shape index (κ3) is 3.71. The van der Waals surface area contributed by atoms with E-state index in [0.29, 0.717) is 12.6 Å².